The standard InChI is InChI=1S/C37H50N2O4/c1-4-5-6-7-8-9-10-11-12-13-14-15-16-17-28-42-35-23-18-31(19-24-35)37(40)43-36-27-22-33(29-30(36)2)39-38-32-20-25-34(41-3)26-21-32/h18-27,29H,4-17,28H2,1-3H3. The third-order valence-corrected chi connectivity index (χ3v) is 7.57. The molecule has 0 unspecified atom stereocenters. The lowest BCUT2D eigenvalue weighted by Crippen LogP contribution is -2.09. The third kappa shape index (κ3) is 13.5. The minimum absolute atomic E-state index is 0.408. The van der Waals surface area contributed by atoms with Crippen LogP contribution in [0.4, 0.5) is 11.4 Å². The van der Waals surface area contributed by atoms with Crippen LogP contribution >= 0.6 is 0 Å². The Balaban J connectivity index is 1.28. The Morgan fingerprint density at radius 2 is 1.14 bits per heavy atom. The molecular weight excluding hydrogens is 536 g/mol. The zero-order valence-corrected chi connectivity index (χ0v) is 26.5. The van der Waals surface area contributed by atoms with Crippen molar-refractivity contribution in [2.24, 2.45) is 10.2 Å². The Morgan fingerprint density at radius 1 is 0.628 bits per heavy atom. The molecule has 0 heterocycles. The van der Waals surface area contributed by atoms with Gasteiger partial charge in [0.05, 0.1) is 30.7 Å². The maximum atomic E-state index is 12.7. The van der Waals surface area contributed by atoms with Gasteiger partial charge in [-0.1, -0.05) is 90.4 Å². The highest BCUT2D eigenvalue weighted by atomic mass is 16.5. The van der Waals surface area contributed by atoms with Gasteiger partial charge in [0.15, 0.2) is 0 Å². The molecule has 6 heteroatoms. The predicted octanol–water partition coefficient (Wildman–Crippen LogP) is 11.5. The van der Waals surface area contributed by atoms with Gasteiger partial charge in [-0.05, 0) is 85.6 Å². The van der Waals surface area contributed by atoms with E-state index in [4.69, 9.17) is 14.2 Å². The summed E-state index contributed by atoms with van der Waals surface area (Å²) in [6.45, 7) is 4.85. The first-order valence-electron chi connectivity index (χ1n) is 16.2. The van der Waals surface area contributed by atoms with Crippen LogP contribution in [-0.2, 0) is 0 Å². The van der Waals surface area contributed by atoms with Gasteiger partial charge in [0, 0.05) is 0 Å². The first-order valence-corrected chi connectivity index (χ1v) is 16.2. The summed E-state index contributed by atoms with van der Waals surface area (Å²) in [6, 6.07) is 19.8. The molecule has 0 spiro atoms. The van der Waals surface area contributed by atoms with Gasteiger partial charge in [-0.3, -0.25) is 0 Å². The van der Waals surface area contributed by atoms with Crippen molar-refractivity contribution in [2.45, 2.75) is 104 Å². The monoisotopic (exact) mass is 586 g/mol. The van der Waals surface area contributed by atoms with Crippen molar-refractivity contribution in [1.82, 2.24) is 0 Å². The summed E-state index contributed by atoms with van der Waals surface area (Å²) in [6.07, 6.45) is 18.8. The average molecular weight is 587 g/mol. The Hall–Kier alpha value is -3.67. The van der Waals surface area contributed by atoms with Crippen molar-refractivity contribution in [3.8, 4) is 17.2 Å². The number of nitrogens with zero attached hydrogens (tertiary/aromatic N) is 2. The number of carbonyl (C=O) groups is 1. The Bertz CT molecular complexity index is 1220. The van der Waals surface area contributed by atoms with Gasteiger partial charge < -0.3 is 14.2 Å². The van der Waals surface area contributed by atoms with E-state index in [1.165, 1.54) is 83.5 Å². The smallest absolute Gasteiger partial charge is 0.343 e. The summed E-state index contributed by atoms with van der Waals surface area (Å²) in [5, 5.41) is 8.53. The lowest BCUT2D eigenvalue weighted by Gasteiger charge is -2.09. The van der Waals surface area contributed by atoms with Crippen molar-refractivity contribution < 1.29 is 19.0 Å². The summed E-state index contributed by atoms with van der Waals surface area (Å²) in [5.41, 5.74) is 2.67. The normalized spacial score (nSPS) is 11.1. The molecule has 0 aromatic heterocycles. The van der Waals surface area contributed by atoms with E-state index in [1.54, 1.807) is 31.4 Å². The third-order valence-electron chi connectivity index (χ3n) is 7.57. The molecule has 232 valence electrons. The number of aryl methyl sites for hydroxylation is 1. The van der Waals surface area contributed by atoms with Gasteiger partial charge in [0.25, 0.3) is 0 Å². The number of azo groups is 1. The maximum absolute atomic E-state index is 12.7. The van der Waals surface area contributed by atoms with Crippen LogP contribution in [-0.4, -0.2) is 19.7 Å². The summed E-state index contributed by atoms with van der Waals surface area (Å²) in [4.78, 5) is 12.7. The predicted molar refractivity (Wildman–Crippen MR) is 176 cm³/mol. The van der Waals surface area contributed by atoms with Gasteiger partial charge in [-0.25, -0.2) is 4.79 Å². The zero-order valence-electron chi connectivity index (χ0n) is 26.5. The molecule has 0 N–H and O–H groups in total. The second-order valence-corrected chi connectivity index (χ2v) is 11.2. The molecule has 0 radical (unpaired) electrons. The largest absolute Gasteiger partial charge is 0.497 e. The first kappa shape index (κ1) is 33.8. The molecule has 3 aromatic rings. The van der Waals surface area contributed by atoms with Crippen molar-refractivity contribution in [2.75, 3.05) is 13.7 Å². The fourth-order valence-corrected chi connectivity index (χ4v) is 4.91. The molecule has 3 rings (SSSR count). The molecule has 0 aliphatic carbocycles. The number of esters is 1. The highest BCUT2D eigenvalue weighted by Crippen LogP contribution is 2.27. The summed E-state index contributed by atoms with van der Waals surface area (Å²) in [7, 11) is 1.62. The average Bonchev–Trinajstić information content (AvgIpc) is 3.03. The molecule has 0 fully saturated rings. The second kappa shape index (κ2) is 20.3. The number of ether oxygens (including phenoxy) is 3. The highest BCUT2D eigenvalue weighted by molar-refractivity contribution is 5.91. The second-order valence-electron chi connectivity index (χ2n) is 11.2. The molecule has 0 aliphatic rings. The number of methoxy groups -OCH3 is 1. The highest BCUT2D eigenvalue weighted by Gasteiger charge is 2.11. The number of rotatable bonds is 21. The lowest BCUT2D eigenvalue weighted by molar-refractivity contribution is 0.0733. The minimum atomic E-state index is -0.408. The molecule has 0 aliphatic heterocycles. The molecule has 0 saturated heterocycles. The fraction of sp³-hybridized carbons (Fsp3) is 0.486. The number of unbranched alkanes of at least 4 members (excludes halogenated alkanes) is 13. The molecule has 0 amide bonds. The van der Waals surface area contributed by atoms with Crippen molar-refractivity contribution >= 4 is 17.3 Å². The maximum Gasteiger partial charge on any atom is 0.343 e. The molecular formula is C37H50N2O4. The van der Waals surface area contributed by atoms with Crippen LogP contribution in [0, 0.1) is 6.92 Å². The van der Waals surface area contributed by atoms with E-state index in [9.17, 15) is 4.79 Å². The van der Waals surface area contributed by atoms with Gasteiger partial charge in [0.2, 0.25) is 0 Å². The number of carbonyl (C=O) groups excluding carboxylic acids is 1. The number of benzene rings is 3. The van der Waals surface area contributed by atoms with Crippen LogP contribution in [0.3, 0.4) is 0 Å². The van der Waals surface area contributed by atoms with E-state index in [2.05, 4.69) is 17.2 Å². The van der Waals surface area contributed by atoms with E-state index in [0.717, 1.165) is 29.2 Å². The SMILES string of the molecule is CCCCCCCCCCCCCCCCOc1ccc(C(=O)Oc2ccc(N=Nc3ccc(OC)cc3)cc2C)cc1. The van der Waals surface area contributed by atoms with Crippen LogP contribution in [0.2, 0.25) is 0 Å². The van der Waals surface area contributed by atoms with E-state index in [1.807, 2.05) is 49.4 Å². The van der Waals surface area contributed by atoms with E-state index in [0.29, 0.717) is 23.6 Å². The Labute approximate surface area is 258 Å². The van der Waals surface area contributed by atoms with Crippen molar-refractivity contribution in [1.29, 1.82) is 0 Å². The van der Waals surface area contributed by atoms with Crippen LogP contribution in [0.1, 0.15) is 113 Å². The van der Waals surface area contributed by atoms with Crippen LogP contribution < -0.4 is 14.2 Å². The summed E-state index contributed by atoms with van der Waals surface area (Å²) in [5.74, 6) is 1.62. The summed E-state index contributed by atoms with van der Waals surface area (Å²) < 4.78 is 16.7. The van der Waals surface area contributed by atoms with E-state index < -0.39 is 5.97 Å². The lowest BCUT2D eigenvalue weighted by atomic mass is 10.0. The zero-order chi connectivity index (χ0) is 30.5. The number of hydrogen-bond donors (Lipinski definition) is 0. The van der Waals surface area contributed by atoms with Gasteiger partial charge >= 0.3 is 5.97 Å². The quantitative estimate of drug-likeness (QED) is 0.0539. The molecule has 3 aromatic carbocycles. The summed E-state index contributed by atoms with van der Waals surface area (Å²) >= 11 is 0. The van der Waals surface area contributed by atoms with Crippen LogP contribution in [0.5, 0.6) is 17.2 Å². The molecule has 43 heavy (non-hydrogen) atoms. The van der Waals surface area contributed by atoms with Gasteiger partial charge in [0.1, 0.15) is 17.2 Å². The Kier molecular flexibility index (Phi) is 15.9. The Morgan fingerprint density at radius 3 is 1.70 bits per heavy atom. The molecule has 0 atom stereocenters. The molecule has 6 nitrogen and oxygen atoms in total. The van der Waals surface area contributed by atoms with Gasteiger partial charge in [-0.2, -0.15) is 10.2 Å². The first-order chi connectivity index (χ1) is 21.1. The fourth-order valence-electron chi connectivity index (χ4n) is 4.91. The van der Waals surface area contributed by atoms with Crippen molar-refractivity contribution in [3.05, 3.63) is 77.9 Å². The van der Waals surface area contributed by atoms with E-state index in [-0.39, 0.29) is 0 Å². The molecule has 0 bridgehead atoms. The molecule has 0 saturated carbocycles. The minimum Gasteiger partial charge on any atom is -0.497 e. The number of hydrogen-bond acceptors (Lipinski definition) is 6. The van der Waals surface area contributed by atoms with Crippen LogP contribution in [0.25, 0.3) is 0 Å². The topological polar surface area (TPSA) is 69.5 Å². The van der Waals surface area contributed by atoms with Crippen molar-refractivity contribution in [3.63, 3.8) is 0 Å². The van der Waals surface area contributed by atoms with Gasteiger partial charge in [-0.15, -0.1) is 0 Å². The van der Waals surface area contributed by atoms with Crippen LogP contribution in [0.15, 0.2) is 77.0 Å². The van der Waals surface area contributed by atoms with E-state index >= 15 is 0 Å².